The predicted molar refractivity (Wildman–Crippen MR) is 148 cm³/mol. The Balaban J connectivity index is 1.40. The molecular weight excluding hydrogens is 554 g/mol. The van der Waals surface area contributed by atoms with Gasteiger partial charge in [-0.05, 0) is 84.0 Å². The van der Waals surface area contributed by atoms with Gasteiger partial charge in [0.1, 0.15) is 0 Å². The van der Waals surface area contributed by atoms with Crippen molar-refractivity contribution in [2.24, 2.45) is 0 Å². The maximum Gasteiger partial charge on any atom is 0.419 e. The van der Waals surface area contributed by atoms with Gasteiger partial charge in [-0.2, -0.15) is 18.4 Å². The largest absolute Gasteiger partial charge is 0.419 e. The molecule has 4 aromatic rings. The Kier molecular flexibility index (Phi) is 8.27. The number of allylic oxidation sites excluding steroid dienone is 2. The molecule has 3 N–H and O–H groups in total. The Labute approximate surface area is 237 Å². The molecule has 0 saturated carbocycles. The molecule has 0 atom stereocenters. The second-order valence-electron chi connectivity index (χ2n) is 9.59. The lowest BCUT2D eigenvalue weighted by Crippen LogP contribution is -2.35. The molecule has 0 unspecified atom stereocenters. The summed E-state index contributed by atoms with van der Waals surface area (Å²) in [6.45, 7) is -0.0266. The number of nitrogens with one attached hydrogen (secondary N) is 3. The number of tetrazole rings is 1. The van der Waals surface area contributed by atoms with E-state index in [9.17, 15) is 27.2 Å². The van der Waals surface area contributed by atoms with E-state index in [4.69, 9.17) is 0 Å². The molecule has 9 nitrogen and oxygen atoms in total. The first-order chi connectivity index (χ1) is 20.2. The summed E-state index contributed by atoms with van der Waals surface area (Å²) in [4.78, 5) is 27.2. The molecule has 3 aromatic carbocycles. The zero-order chi connectivity index (χ0) is 29.7. The van der Waals surface area contributed by atoms with Crippen molar-refractivity contribution in [2.75, 3.05) is 15.5 Å². The fourth-order valence-electron chi connectivity index (χ4n) is 4.60. The van der Waals surface area contributed by atoms with Crippen LogP contribution >= 0.6 is 0 Å². The maximum absolute atomic E-state index is 14.7. The number of hydrogen-bond donors (Lipinski definition) is 3. The van der Waals surface area contributed by atoms with Gasteiger partial charge in [0.15, 0.2) is 5.82 Å². The van der Waals surface area contributed by atoms with Crippen LogP contribution < -0.4 is 15.5 Å². The molecule has 5 rings (SSSR count). The lowest BCUT2D eigenvalue weighted by molar-refractivity contribution is -0.139. The smallest absolute Gasteiger partial charge is 0.305 e. The maximum atomic E-state index is 14.7. The van der Waals surface area contributed by atoms with E-state index in [-0.39, 0.29) is 18.1 Å². The molecule has 0 spiro atoms. The van der Waals surface area contributed by atoms with Crippen LogP contribution in [-0.4, -0.2) is 32.6 Å². The Morgan fingerprint density at radius 3 is 2.36 bits per heavy atom. The Hall–Kier alpha value is -5.07. The van der Waals surface area contributed by atoms with Crippen molar-refractivity contribution in [1.82, 2.24) is 20.6 Å². The highest BCUT2D eigenvalue weighted by atomic mass is 19.4. The zero-order valence-corrected chi connectivity index (χ0v) is 22.1. The second-order valence-corrected chi connectivity index (χ2v) is 9.59. The fraction of sp³-hybridized carbons (Fsp3) is 0.207. The summed E-state index contributed by atoms with van der Waals surface area (Å²) in [6, 6.07) is 15.4. The van der Waals surface area contributed by atoms with E-state index in [2.05, 4.69) is 37.3 Å². The van der Waals surface area contributed by atoms with Crippen LogP contribution in [0.3, 0.4) is 0 Å². The van der Waals surface area contributed by atoms with E-state index in [1.807, 2.05) is 12.1 Å². The van der Waals surface area contributed by atoms with Crippen molar-refractivity contribution in [1.29, 1.82) is 0 Å². The van der Waals surface area contributed by atoms with E-state index in [1.165, 1.54) is 22.6 Å². The SMILES string of the molecule is O=C(Nc1nn[nH]n1)c1ccc(CN(C(=O)Nc2cccc(C(F)(F)F)c2F)c2ccc(C3=CCCCC3)cc2)cc1. The van der Waals surface area contributed by atoms with Crippen LogP contribution in [0.25, 0.3) is 5.57 Å². The molecule has 13 heteroatoms. The van der Waals surface area contributed by atoms with Crippen LogP contribution in [0.1, 0.15) is 52.7 Å². The number of carbonyl (C=O) groups is 2. The van der Waals surface area contributed by atoms with Gasteiger partial charge >= 0.3 is 12.2 Å². The first-order valence-electron chi connectivity index (χ1n) is 13.1. The summed E-state index contributed by atoms with van der Waals surface area (Å²) in [5, 5.41) is 17.7. The summed E-state index contributed by atoms with van der Waals surface area (Å²) >= 11 is 0. The number of hydrogen-bond acceptors (Lipinski definition) is 5. The molecule has 0 aliphatic heterocycles. The van der Waals surface area contributed by atoms with E-state index in [0.29, 0.717) is 17.3 Å². The third-order valence-corrected chi connectivity index (χ3v) is 6.76. The van der Waals surface area contributed by atoms with Crippen molar-refractivity contribution in [3.63, 3.8) is 0 Å². The van der Waals surface area contributed by atoms with Crippen LogP contribution in [0.2, 0.25) is 0 Å². The highest BCUT2D eigenvalue weighted by Gasteiger charge is 2.35. The topological polar surface area (TPSA) is 116 Å². The molecule has 0 saturated heterocycles. The summed E-state index contributed by atoms with van der Waals surface area (Å²) in [5.41, 5.74) is 1.48. The van der Waals surface area contributed by atoms with Crippen LogP contribution in [0.15, 0.2) is 72.8 Å². The number of anilines is 3. The van der Waals surface area contributed by atoms with Gasteiger partial charge in [0.05, 0.1) is 17.8 Å². The molecule has 1 aliphatic carbocycles. The molecule has 216 valence electrons. The van der Waals surface area contributed by atoms with Gasteiger partial charge in [-0.25, -0.2) is 9.18 Å². The Morgan fingerprint density at radius 1 is 0.952 bits per heavy atom. The molecule has 1 heterocycles. The van der Waals surface area contributed by atoms with Crippen LogP contribution in [0.4, 0.5) is 39.7 Å². The minimum Gasteiger partial charge on any atom is -0.305 e. The lowest BCUT2D eigenvalue weighted by Gasteiger charge is -2.25. The quantitative estimate of drug-likeness (QED) is 0.208. The van der Waals surface area contributed by atoms with Crippen molar-refractivity contribution < 1.29 is 27.2 Å². The fourth-order valence-corrected chi connectivity index (χ4v) is 4.60. The van der Waals surface area contributed by atoms with Gasteiger partial charge in [0.2, 0.25) is 0 Å². The van der Waals surface area contributed by atoms with E-state index in [0.717, 1.165) is 43.4 Å². The Bertz CT molecular complexity index is 1590. The number of alkyl halides is 3. The average molecular weight is 580 g/mol. The van der Waals surface area contributed by atoms with Gasteiger partial charge in [-0.3, -0.25) is 15.0 Å². The average Bonchev–Trinajstić information content (AvgIpc) is 3.50. The number of urea groups is 1. The summed E-state index contributed by atoms with van der Waals surface area (Å²) in [7, 11) is 0. The summed E-state index contributed by atoms with van der Waals surface area (Å²) in [5.74, 6) is -2.05. The minimum atomic E-state index is -4.92. The zero-order valence-electron chi connectivity index (χ0n) is 22.1. The lowest BCUT2D eigenvalue weighted by atomic mass is 9.93. The number of carbonyl (C=O) groups excluding carboxylic acids is 2. The van der Waals surface area contributed by atoms with E-state index in [1.54, 1.807) is 24.3 Å². The number of H-pyrrole nitrogens is 1. The first-order valence-corrected chi connectivity index (χ1v) is 13.1. The van der Waals surface area contributed by atoms with Crippen LogP contribution in [0, 0.1) is 5.82 Å². The standard InChI is InChI=1S/C29H25F4N7O2/c30-25-23(29(31,32)33)7-4-8-24(25)34-28(42)40(22-15-13-20(14-16-22)19-5-2-1-3-6-19)17-18-9-11-21(12-10-18)26(41)35-27-36-38-39-37-27/h4-5,7-16H,1-3,6,17H2,(H,34,42)(H2,35,36,37,38,39,41). The van der Waals surface area contributed by atoms with Crippen molar-refractivity contribution in [3.8, 4) is 0 Å². The van der Waals surface area contributed by atoms with E-state index >= 15 is 0 Å². The number of amides is 3. The molecule has 0 bridgehead atoms. The molecule has 1 aromatic heterocycles. The molecule has 1 aliphatic rings. The first kappa shape index (κ1) is 28.5. The number of benzene rings is 3. The summed E-state index contributed by atoms with van der Waals surface area (Å²) in [6.07, 6.45) is 1.44. The normalized spacial score (nSPS) is 13.3. The molecular formula is C29H25F4N7O2. The highest BCUT2D eigenvalue weighted by Crippen LogP contribution is 2.34. The molecule has 42 heavy (non-hydrogen) atoms. The van der Waals surface area contributed by atoms with Gasteiger partial charge in [0.25, 0.3) is 11.9 Å². The third kappa shape index (κ3) is 6.62. The van der Waals surface area contributed by atoms with Crippen LogP contribution in [0.5, 0.6) is 0 Å². The number of aromatic nitrogens is 4. The van der Waals surface area contributed by atoms with Crippen molar-refractivity contribution >= 4 is 34.8 Å². The van der Waals surface area contributed by atoms with Gasteiger partial charge in [-0.15, -0.1) is 5.10 Å². The van der Waals surface area contributed by atoms with Crippen molar-refractivity contribution in [2.45, 2.75) is 38.4 Å². The van der Waals surface area contributed by atoms with Crippen molar-refractivity contribution in [3.05, 3.63) is 101 Å². The van der Waals surface area contributed by atoms with Gasteiger partial charge < -0.3 is 5.32 Å². The molecule has 3 amide bonds. The number of nitrogens with zero attached hydrogens (tertiary/aromatic N) is 4. The number of aromatic amines is 1. The Morgan fingerprint density at radius 2 is 1.71 bits per heavy atom. The van der Waals surface area contributed by atoms with Gasteiger partial charge in [0, 0.05) is 11.3 Å². The highest BCUT2D eigenvalue weighted by molar-refractivity contribution is 6.03. The second kappa shape index (κ2) is 12.2. The minimum absolute atomic E-state index is 0.00110. The monoisotopic (exact) mass is 579 g/mol. The molecule has 0 radical (unpaired) electrons. The molecule has 0 fully saturated rings. The summed E-state index contributed by atoms with van der Waals surface area (Å²) < 4.78 is 54.5. The van der Waals surface area contributed by atoms with Gasteiger partial charge in [-0.1, -0.05) is 41.5 Å². The van der Waals surface area contributed by atoms with Crippen LogP contribution in [-0.2, 0) is 12.7 Å². The number of halogens is 4. The predicted octanol–water partition coefficient (Wildman–Crippen LogP) is 6.81. The third-order valence-electron chi connectivity index (χ3n) is 6.76. The number of rotatable bonds is 7. The van der Waals surface area contributed by atoms with E-state index < -0.39 is 35.2 Å².